The zero-order chi connectivity index (χ0) is 20.2. The molecule has 4 rings (SSSR count). The lowest BCUT2D eigenvalue weighted by atomic mass is 9.76. The third-order valence-electron chi connectivity index (χ3n) is 6.19. The number of nitrogens with zero attached hydrogens (tertiary/aromatic N) is 1. The molecule has 2 bridgehead atoms. The molecule has 4 nitrogen and oxygen atoms in total. The van der Waals surface area contributed by atoms with Crippen molar-refractivity contribution in [2.75, 3.05) is 0 Å². The van der Waals surface area contributed by atoms with Crippen molar-refractivity contribution in [1.82, 2.24) is 4.90 Å². The van der Waals surface area contributed by atoms with E-state index in [9.17, 15) is 9.59 Å². The Morgan fingerprint density at radius 1 is 1.00 bits per heavy atom. The minimum atomic E-state index is -0.246. The van der Waals surface area contributed by atoms with Gasteiger partial charge in [-0.05, 0) is 43.2 Å². The summed E-state index contributed by atoms with van der Waals surface area (Å²) >= 11 is 0. The number of hydrogen-bond donors (Lipinski definition) is 0. The number of Topliss-reactive ketones (excluding diaryl/α,β-unsaturated/α-hetero) is 1. The molecule has 0 N–H and O–H groups in total. The lowest BCUT2D eigenvalue weighted by Crippen LogP contribution is -2.55. The maximum atomic E-state index is 13.1. The lowest BCUT2D eigenvalue weighted by Gasteiger charge is -2.47. The maximum Gasteiger partial charge on any atom is 0.410 e. The smallest absolute Gasteiger partial charge is 0.410 e. The normalized spacial score (nSPS) is 23.3. The number of ketones is 1. The molecule has 2 aliphatic heterocycles. The van der Waals surface area contributed by atoms with Crippen molar-refractivity contribution in [3.05, 3.63) is 77.9 Å². The molecule has 2 atom stereocenters. The Morgan fingerprint density at radius 3 is 2.28 bits per heavy atom. The van der Waals surface area contributed by atoms with Crippen LogP contribution in [0.25, 0.3) is 6.08 Å². The first-order valence-electron chi connectivity index (χ1n) is 10.4. The van der Waals surface area contributed by atoms with Crippen LogP contribution in [0.5, 0.6) is 0 Å². The predicted octanol–water partition coefficient (Wildman–Crippen LogP) is 5.48. The van der Waals surface area contributed by atoms with Crippen LogP contribution in [0.2, 0.25) is 0 Å². The molecule has 2 heterocycles. The summed E-state index contributed by atoms with van der Waals surface area (Å²) in [4.78, 5) is 27.8. The number of hydrogen-bond acceptors (Lipinski definition) is 3. The van der Waals surface area contributed by atoms with E-state index in [-0.39, 0.29) is 36.5 Å². The Morgan fingerprint density at radius 2 is 1.66 bits per heavy atom. The first-order valence-corrected chi connectivity index (χ1v) is 10.4. The zero-order valence-electron chi connectivity index (χ0n) is 16.6. The molecule has 2 aromatic rings. The fourth-order valence-corrected chi connectivity index (χ4v) is 4.71. The molecule has 29 heavy (non-hydrogen) atoms. The van der Waals surface area contributed by atoms with E-state index in [0.717, 1.165) is 48.8 Å². The fraction of sp³-hybridized carbons (Fsp3) is 0.360. The van der Waals surface area contributed by atoms with Crippen molar-refractivity contribution in [2.45, 2.75) is 50.8 Å². The van der Waals surface area contributed by atoms with Gasteiger partial charge in [-0.1, -0.05) is 67.3 Å². The molecular weight excluding hydrogens is 362 g/mol. The van der Waals surface area contributed by atoms with Gasteiger partial charge in [-0.2, -0.15) is 0 Å². The number of rotatable bonds is 5. The Bertz CT molecular complexity index is 861. The number of carbonyl (C=O) groups is 2. The number of amides is 1. The van der Waals surface area contributed by atoms with Crippen LogP contribution < -0.4 is 0 Å². The van der Waals surface area contributed by atoms with E-state index in [1.54, 1.807) is 6.08 Å². The van der Waals surface area contributed by atoms with E-state index in [1.807, 2.05) is 59.5 Å². The molecule has 4 heteroatoms. The summed E-state index contributed by atoms with van der Waals surface area (Å²) in [6.07, 6.45) is 5.96. The minimum absolute atomic E-state index is 0.0296. The van der Waals surface area contributed by atoms with Gasteiger partial charge >= 0.3 is 6.09 Å². The Hall–Kier alpha value is -2.88. The van der Waals surface area contributed by atoms with E-state index in [4.69, 9.17) is 4.74 Å². The van der Waals surface area contributed by atoms with Gasteiger partial charge in [0.05, 0.1) is 0 Å². The highest BCUT2D eigenvalue weighted by atomic mass is 16.6. The molecule has 0 aliphatic carbocycles. The van der Waals surface area contributed by atoms with Crippen molar-refractivity contribution in [3.63, 3.8) is 0 Å². The minimum Gasteiger partial charge on any atom is -0.445 e. The summed E-state index contributed by atoms with van der Waals surface area (Å²) < 4.78 is 5.60. The molecule has 2 saturated heterocycles. The molecule has 2 aromatic carbocycles. The largest absolute Gasteiger partial charge is 0.445 e. The van der Waals surface area contributed by atoms with Gasteiger partial charge in [-0.15, -0.1) is 0 Å². The van der Waals surface area contributed by atoms with Crippen molar-refractivity contribution < 1.29 is 14.3 Å². The quantitative estimate of drug-likeness (QED) is 0.636. The maximum absolute atomic E-state index is 13.1. The monoisotopic (exact) mass is 389 g/mol. The Kier molecular flexibility index (Phi) is 5.79. The number of benzene rings is 2. The topological polar surface area (TPSA) is 46.6 Å². The van der Waals surface area contributed by atoms with Gasteiger partial charge in [0, 0.05) is 23.6 Å². The van der Waals surface area contributed by atoms with E-state index < -0.39 is 0 Å². The number of ether oxygens (including phenoxy) is 1. The first-order chi connectivity index (χ1) is 14.2. The van der Waals surface area contributed by atoms with Gasteiger partial charge in [-0.3, -0.25) is 4.79 Å². The molecule has 0 aromatic heterocycles. The third-order valence-corrected chi connectivity index (χ3v) is 6.19. The Balaban J connectivity index is 1.42. The summed E-state index contributed by atoms with van der Waals surface area (Å²) in [5.41, 5.74) is 2.74. The van der Waals surface area contributed by atoms with Gasteiger partial charge in [0.1, 0.15) is 6.61 Å². The van der Waals surface area contributed by atoms with Gasteiger partial charge in [-0.25, -0.2) is 4.79 Å². The molecule has 150 valence electrons. The molecule has 2 aliphatic rings. The summed E-state index contributed by atoms with van der Waals surface area (Å²) in [7, 11) is 0. The van der Waals surface area contributed by atoms with Crippen LogP contribution in [-0.2, 0) is 11.3 Å². The Labute approximate surface area is 172 Å². The molecule has 0 saturated carbocycles. The van der Waals surface area contributed by atoms with E-state index in [2.05, 4.69) is 6.58 Å². The SMILES string of the molecule is C=Cc1ccc(C(=O)C2CC3CCCC(C2)N3C(=O)OCc2ccccc2)cc1. The molecule has 0 radical (unpaired) electrons. The van der Waals surface area contributed by atoms with Gasteiger partial charge in [0.15, 0.2) is 5.78 Å². The van der Waals surface area contributed by atoms with Gasteiger partial charge < -0.3 is 9.64 Å². The molecule has 2 fully saturated rings. The van der Waals surface area contributed by atoms with Crippen LogP contribution in [0.1, 0.15) is 53.6 Å². The highest BCUT2D eigenvalue weighted by Gasteiger charge is 2.43. The van der Waals surface area contributed by atoms with Crippen LogP contribution in [0.4, 0.5) is 4.79 Å². The first kappa shape index (κ1) is 19.4. The fourth-order valence-electron chi connectivity index (χ4n) is 4.71. The average Bonchev–Trinajstić information content (AvgIpc) is 2.77. The van der Waals surface area contributed by atoms with E-state index >= 15 is 0 Å². The summed E-state index contributed by atoms with van der Waals surface area (Å²) in [5.74, 6) is 0.160. The second-order valence-corrected chi connectivity index (χ2v) is 8.04. The number of fused-ring (bicyclic) bond motifs is 2. The second-order valence-electron chi connectivity index (χ2n) is 8.04. The summed E-state index contributed by atoms with van der Waals surface area (Å²) in [6, 6.07) is 17.5. The van der Waals surface area contributed by atoms with Crippen LogP contribution in [0, 0.1) is 5.92 Å². The van der Waals surface area contributed by atoms with Gasteiger partial charge in [0.25, 0.3) is 0 Å². The van der Waals surface area contributed by atoms with E-state index in [1.165, 1.54) is 0 Å². The van der Waals surface area contributed by atoms with Gasteiger partial charge in [0.2, 0.25) is 0 Å². The van der Waals surface area contributed by atoms with Crippen molar-refractivity contribution in [3.8, 4) is 0 Å². The second kappa shape index (κ2) is 8.64. The van der Waals surface area contributed by atoms with Crippen LogP contribution in [0.15, 0.2) is 61.2 Å². The van der Waals surface area contributed by atoms with E-state index in [0.29, 0.717) is 0 Å². The molecule has 0 spiro atoms. The molecular formula is C25H27NO3. The standard InChI is InChI=1S/C25H27NO3/c1-2-18-11-13-20(14-12-18)24(27)21-15-22-9-6-10-23(16-21)26(22)25(28)29-17-19-7-4-3-5-8-19/h2-5,7-8,11-14,21-23H,1,6,9-10,15-17H2. The van der Waals surface area contributed by atoms with Crippen molar-refractivity contribution in [2.24, 2.45) is 5.92 Å². The lowest BCUT2D eigenvalue weighted by molar-refractivity contribution is 0.00473. The van der Waals surface area contributed by atoms with Crippen LogP contribution in [-0.4, -0.2) is 28.9 Å². The van der Waals surface area contributed by atoms with Crippen molar-refractivity contribution >= 4 is 18.0 Å². The molecule has 2 unspecified atom stereocenters. The summed E-state index contributed by atoms with van der Waals surface area (Å²) in [6.45, 7) is 4.04. The predicted molar refractivity (Wildman–Crippen MR) is 113 cm³/mol. The zero-order valence-corrected chi connectivity index (χ0v) is 16.6. The third kappa shape index (κ3) is 4.26. The van der Waals surface area contributed by atoms with Crippen LogP contribution in [0.3, 0.4) is 0 Å². The van der Waals surface area contributed by atoms with Crippen molar-refractivity contribution in [1.29, 1.82) is 0 Å². The van der Waals surface area contributed by atoms with Crippen LogP contribution >= 0.6 is 0 Å². The highest BCUT2D eigenvalue weighted by molar-refractivity contribution is 5.98. The number of carbonyl (C=O) groups excluding carboxylic acids is 2. The average molecular weight is 389 g/mol. The number of piperidine rings is 2. The molecule has 1 amide bonds. The highest BCUT2D eigenvalue weighted by Crippen LogP contribution is 2.38. The summed E-state index contributed by atoms with van der Waals surface area (Å²) in [5, 5.41) is 0.